The Balaban J connectivity index is 1.69. The molecule has 0 aliphatic heterocycles. The third-order valence-electron chi connectivity index (χ3n) is 6.52. The summed E-state index contributed by atoms with van der Waals surface area (Å²) in [6.07, 6.45) is 3.01. The van der Waals surface area contributed by atoms with Crippen molar-refractivity contribution in [3.05, 3.63) is 58.4 Å². The molecular formula is C26H32N2O6. The van der Waals surface area contributed by atoms with E-state index >= 15 is 0 Å². The molecule has 0 amide bonds. The predicted molar refractivity (Wildman–Crippen MR) is 127 cm³/mol. The first kappa shape index (κ1) is 24.0. The van der Waals surface area contributed by atoms with Crippen LogP contribution in [0.4, 0.5) is 0 Å². The number of ether oxygens (including phenoxy) is 3. The van der Waals surface area contributed by atoms with Gasteiger partial charge in [-0.15, -0.1) is 0 Å². The Hall–Kier alpha value is -3.10. The fraction of sp³-hybridized carbons (Fsp3) is 0.462. The fourth-order valence-electron chi connectivity index (χ4n) is 4.75. The number of carboxylic acids is 1. The maximum atomic E-state index is 11.7. The van der Waals surface area contributed by atoms with Crippen LogP contribution < -0.4 is 9.47 Å². The zero-order valence-electron chi connectivity index (χ0n) is 20.1. The Labute approximate surface area is 199 Å². The van der Waals surface area contributed by atoms with Gasteiger partial charge in [0, 0.05) is 12.0 Å². The number of aryl methyl sites for hydroxylation is 1. The number of aliphatic hydroxyl groups is 1. The Kier molecular flexibility index (Phi) is 7.09. The second-order valence-corrected chi connectivity index (χ2v) is 8.98. The molecule has 1 fully saturated rings. The number of hydrogen-bond acceptors (Lipinski definition) is 6. The van der Waals surface area contributed by atoms with Crippen molar-refractivity contribution < 1.29 is 29.2 Å². The number of hydrogen-bond donors (Lipinski definition) is 2. The Morgan fingerprint density at radius 2 is 1.74 bits per heavy atom. The number of methoxy groups -OCH3 is 2. The van der Waals surface area contributed by atoms with Gasteiger partial charge in [0.25, 0.3) is 0 Å². The molecule has 1 aliphatic carbocycles. The van der Waals surface area contributed by atoms with Crippen LogP contribution in [-0.2, 0) is 11.2 Å². The molecule has 2 aromatic heterocycles. The van der Waals surface area contributed by atoms with E-state index in [1.54, 1.807) is 20.3 Å². The summed E-state index contributed by atoms with van der Waals surface area (Å²) < 4.78 is 18.8. The Morgan fingerprint density at radius 1 is 1.09 bits per heavy atom. The maximum Gasteiger partial charge on any atom is 0.354 e. The Bertz CT molecular complexity index is 1160. The molecule has 0 spiro atoms. The number of carbonyl (C=O) groups is 1. The molecule has 2 N–H and O–H groups in total. The van der Waals surface area contributed by atoms with E-state index in [1.165, 1.54) is 4.52 Å². The maximum absolute atomic E-state index is 11.7. The van der Waals surface area contributed by atoms with E-state index in [2.05, 4.69) is 5.10 Å². The molecule has 2 unspecified atom stereocenters. The summed E-state index contributed by atoms with van der Waals surface area (Å²) >= 11 is 0. The summed E-state index contributed by atoms with van der Waals surface area (Å²) in [7, 11) is 3.17. The standard InChI is InChI=1S/C26H32N2O6/c1-15-9-19-13-18(27-28(19)21(10-15)26(30)31)14-24(34-20-7-5-6-8-20)25(29)17-11-22(32-3)16(2)23(12-17)33-4/h9-13,20,24-25,29H,5-8,14H2,1-4H3,(H,30,31). The first-order valence-corrected chi connectivity index (χ1v) is 11.6. The minimum absolute atomic E-state index is 0.0720. The van der Waals surface area contributed by atoms with E-state index < -0.39 is 18.2 Å². The predicted octanol–water partition coefficient (Wildman–Crippen LogP) is 4.27. The number of aromatic nitrogens is 2. The van der Waals surface area contributed by atoms with Crippen LogP contribution in [0.2, 0.25) is 0 Å². The van der Waals surface area contributed by atoms with Crippen LogP contribution in [0, 0.1) is 13.8 Å². The van der Waals surface area contributed by atoms with Crippen LogP contribution in [0.1, 0.15) is 64.7 Å². The van der Waals surface area contributed by atoms with E-state index in [-0.39, 0.29) is 11.8 Å². The van der Waals surface area contributed by atoms with E-state index in [0.29, 0.717) is 34.7 Å². The summed E-state index contributed by atoms with van der Waals surface area (Å²) in [6.45, 7) is 3.76. The van der Waals surface area contributed by atoms with E-state index in [1.807, 2.05) is 38.1 Å². The molecule has 34 heavy (non-hydrogen) atoms. The molecule has 1 aromatic carbocycles. The van der Waals surface area contributed by atoms with Crippen molar-refractivity contribution in [2.24, 2.45) is 0 Å². The molecule has 0 bridgehead atoms. The van der Waals surface area contributed by atoms with Gasteiger partial charge < -0.3 is 24.4 Å². The minimum Gasteiger partial charge on any atom is -0.496 e. The van der Waals surface area contributed by atoms with Crippen LogP contribution in [-0.4, -0.2) is 52.2 Å². The van der Waals surface area contributed by atoms with Crippen LogP contribution in [0.25, 0.3) is 5.52 Å². The number of aliphatic hydroxyl groups excluding tert-OH is 1. The van der Waals surface area contributed by atoms with Crippen molar-refractivity contribution in [1.82, 2.24) is 9.61 Å². The number of carboxylic acid groups (broad SMARTS) is 1. The van der Waals surface area contributed by atoms with Crippen molar-refractivity contribution in [3.63, 3.8) is 0 Å². The average molecular weight is 469 g/mol. The van der Waals surface area contributed by atoms with Crippen LogP contribution in [0.5, 0.6) is 11.5 Å². The highest BCUT2D eigenvalue weighted by Gasteiger charge is 2.29. The summed E-state index contributed by atoms with van der Waals surface area (Å²) in [4.78, 5) is 11.7. The van der Waals surface area contributed by atoms with Gasteiger partial charge in [0.15, 0.2) is 5.69 Å². The third kappa shape index (κ3) is 4.88. The molecule has 0 radical (unpaired) electrons. The minimum atomic E-state index is -1.04. The first-order valence-electron chi connectivity index (χ1n) is 11.6. The third-order valence-corrected chi connectivity index (χ3v) is 6.52. The van der Waals surface area contributed by atoms with Gasteiger partial charge >= 0.3 is 5.97 Å². The van der Waals surface area contributed by atoms with Crippen LogP contribution in [0.3, 0.4) is 0 Å². The van der Waals surface area contributed by atoms with Gasteiger partial charge in [-0.3, -0.25) is 0 Å². The number of benzene rings is 1. The van der Waals surface area contributed by atoms with E-state index in [9.17, 15) is 15.0 Å². The second kappa shape index (κ2) is 10.0. The number of rotatable bonds is 9. The van der Waals surface area contributed by atoms with Crippen molar-refractivity contribution in [2.75, 3.05) is 14.2 Å². The lowest BCUT2D eigenvalue weighted by molar-refractivity contribution is -0.0757. The fourth-order valence-corrected chi connectivity index (χ4v) is 4.75. The highest BCUT2D eigenvalue weighted by molar-refractivity contribution is 5.87. The zero-order valence-corrected chi connectivity index (χ0v) is 20.1. The Morgan fingerprint density at radius 3 is 2.32 bits per heavy atom. The molecule has 1 saturated carbocycles. The lowest BCUT2D eigenvalue weighted by Gasteiger charge is -2.27. The molecule has 8 heteroatoms. The molecular weight excluding hydrogens is 436 g/mol. The molecule has 3 aromatic rings. The lowest BCUT2D eigenvalue weighted by atomic mass is 9.98. The zero-order chi connectivity index (χ0) is 24.4. The van der Waals surface area contributed by atoms with Gasteiger partial charge in [0.2, 0.25) is 0 Å². The smallest absolute Gasteiger partial charge is 0.354 e. The summed E-state index contributed by atoms with van der Waals surface area (Å²) in [5.74, 6) is 0.214. The van der Waals surface area contributed by atoms with Crippen LogP contribution in [0.15, 0.2) is 30.3 Å². The number of aromatic carboxylic acids is 1. The molecule has 182 valence electrons. The lowest BCUT2D eigenvalue weighted by Crippen LogP contribution is -2.29. The van der Waals surface area contributed by atoms with Gasteiger partial charge in [0.05, 0.1) is 37.6 Å². The van der Waals surface area contributed by atoms with Crippen molar-refractivity contribution in [2.45, 2.75) is 64.3 Å². The van der Waals surface area contributed by atoms with Crippen molar-refractivity contribution >= 4 is 11.5 Å². The van der Waals surface area contributed by atoms with E-state index in [4.69, 9.17) is 14.2 Å². The molecule has 2 heterocycles. The van der Waals surface area contributed by atoms with Crippen LogP contribution >= 0.6 is 0 Å². The summed E-state index contributed by atoms with van der Waals surface area (Å²) in [6, 6.07) is 8.96. The largest absolute Gasteiger partial charge is 0.496 e. The second-order valence-electron chi connectivity index (χ2n) is 8.98. The van der Waals surface area contributed by atoms with Crippen molar-refractivity contribution in [1.29, 1.82) is 0 Å². The number of fused-ring (bicyclic) bond motifs is 1. The van der Waals surface area contributed by atoms with Gasteiger partial charge in [0.1, 0.15) is 17.6 Å². The van der Waals surface area contributed by atoms with E-state index in [0.717, 1.165) is 36.8 Å². The average Bonchev–Trinajstić information content (AvgIpc) is 3.47. The summed E-state index contributed by atoms with van der Waals surface area (Å²) in [5, 5.41) is 25.6. The van der Waals surface area contributed by atoms with Gasteiger partial charge in [-0.25, -0.2) is 9.31 Å². The highest BCUT2D eigenvalue weighted by atomic mass is 16.5. The first-order chi connectivity index (χ1) is 16.3. The SMILES string of the molecule is COc1cc(C(O)C(Cc2cc3cc(C)cc(C(=O)O)n3n2)OC2CCCC2)cc(OC)c1C. The molecule has 4 rings (SSSR count). The summed E-state index contributed by atoms with van der Waals surface area (Å²) in [5.41, 5.74) is 3.78. The van der Waals surface area contributed by atoms with Gasteiger partial charge in [-0.2, -0.15) is 5.10 Å². The molecule has 1 aliphatic rings. The molecule has 2 atom stereocenters. The van der Waals surface area contributed by atoms with Gasteiger partial charge in [-0.1, -0.05) is 12.8 Å². The van der Waals surface area contributed by atoms with Crippen molar-refractivity contribution in [3.8, 4) is 11.5 Å². The quantitative estimate of drug-likeness (QED) is 0.483. The number of pyridine rings is 1. The van der Waals surface area contributed by atoms with Gasteiger partial charge in [-0.05, 0) is 68.1 Å². The molecule has 0 saturated heterocycles. The number of nitrogens with zero attached hydrogens (tertiary/aromatic N) is 2. The molecule has 8 nitrogen and oxygen atoms in total. The monoisotopic (exact) mass is 468 g/mol. The topological polar surface area (TPSA) is 103 Å². The highest BCUT2D eigenvalue weighted by Crippen LogP contribution is 2.35. The normalized spacial score (nSPS) is 16.0.